The van der Waals surface area contributed by atoms with Gasteiger partial charge in [0.1, 0.15) is 6.07 Å². The number of nitrogens with zero attached hydrogens (tertiary/aromatic N) is 2. The van der Waals surface area contributed by atoms with Crippen molar-refractivity contribution in [2.45, 2.75) is 6.42 Å². The van der Waals surface area contributed by atoms with Crippen molar-refractivity contribution in [1.82, 2.24) is 0 Å². The Balaban J connectivity index is 2.79. The van der Waals surface area contributed by atoms with E-state index in [0.29, 0.717) is 0 Å². The molecule has 0 unspecified atom stereocenters. The third kappa shape index (κ3) is 2.74. The second-order valence-corrected chi connectivity index (χ2v) is 3.89. The fourth-order valence-corrected chi connectivity index (χ4v) is 1.57. The van der Waals surface area contributed by atoms with Crippen LogP contribution < -0.4 is 4.90 Å². The Morgan fingerprint density at radius 2 is 2.14 bits per heavy atom. The number of alkyl halides is 1. The van der Waals surface area contributed by atoms with Gasteiger partial charge in [-0.1, -0.05) is 28.1 Å². The zero-order valence-electron chi connectivity index (χ0n) is 8.20. The predicted octanol–water partition coefficient (Wildman–Crippen LogP) is 2.78. The first-order chi connectivity index (χ1) is 6.79. The summed E-state index contributed by atoms with van der Waals surface area (Å²) in [5.74, 6) is 0. The van der Waals surface area contributed by atoms with Crippen molar-refractivity contribution in [2.24, 2.45) is 0 Å². The highest BCUT2D eigenvalue weighted by Gasteiger charge is 2.04. The highest BCUT2D eigenvalue weighted by Crippen LogP contribution is 2.18. The van der Waals surface area contributed by atoms with Crippen LogP contribution >= 0.6 is 15.9 Å². The van der Waals surface area contributed by atoms with Crippen LogP contribution in [0.2, 0.25) is 0 Å². The van der Waals surface area contributed by atoms with Crippen molar-refractivity contribution in [1.29, 1.82) is 5.26 Å². The second-order valence-electron chi connectivity index (χ2n) is 3.09. The topological polar surface area (TPSA) is 27.0 Å². The van der Waals surface area contributed by atoms with Crippen molar-refractivity contribution >= 4 is 21.6 Å². The monoisotopic (exact) mass is 252 g/mol. The van der Waals surface area contributed by atoms with Gasteiger partial charge in [0.05, 0.1) is 11.3 Å². The first kappa shape index (κ1) is 11.1. The molecule has 3 heteroatoms. The maximum Gasteiger partial charge on any atom is 0.101 e. The lowest BCUT2D eigenvalue weighted by Gasteiger charge is -2.19. The summed E-state index contributed by atoms with van der Waals surface area (Å²) in [6.45, 7) is 0.962. The Morgan fingerprint density at radius 3 is 2.79 bits per heavy atom. The molecule has 0 saturated heterocycles. The lowest BCUT2D eigenvalue weighted by molar-refractivity contribution is 0.862. The summed E-state index contributed by atoms with van der Waals surface area (Å²) >= 11 is 3.39. The van der Waals surface area contributed by atoms with Gasteiger partial charge in [0.2, 0.25) is 0 Å². The molecule has 0 bridgehead atoms. The summed E-state index contributed by atoms with van der Waals surface area (Å²) in [7, 11) is 2.01. The first-order valence-electron chi connectivity index (χ1n) is 4.56. The molecule has 1 aromatic rings. The third-order valence-electron chi connectivity index (χ3n) is 2.06. The molecule has 0 heterocycles. The molecule has 0 aliphatic rings. The summed E-state index contributed by atoms with van der Waals surface area (Å²) in [4.78, 5) is 2.11. The summed E-state index contributed by atoms with van der Waals surface area (Å²) < 4.78 is 0. The molecule has 0 N–H and O–H groups in total. The average molecular weight is 253 g/mol. The Bertz CT molecular complexity index is 330. The number of para-hydroxylation sites is 1. The number of rotatable bonds is 4. The van der Waals surface area contributed by atoms with E-state index in [-0.39, 0.29) is 0 Å². The van der Waals surface area contributed by atoms with Crippen LogP contribution in [-0.4, -0.2) is 18.9 Å². The van der Waals surface area contributed by atoms with Crippen LogP contribution in [0.4, 0.5) is 5.69 Å². The predicted molar refractivity (Wildman–Crippen MR) is 62.8 cm³/mol. The number of nitriles is 1. The molecule has 0 fully saturated rings. The summed E-state index contributed by atoms with van der Waals surface area (Å²) in [5, 5.41) is 9.90. The molecule has 0 atom stereocenters. The number of hydrogen-bond donors (Lipinski definition) is 0. The minimum absolute atomic E-state index is 0.740. The Kier molecular flexibility index (Phi) is 4.48. The molecule has 0 saturated carbocycles. The SMILES string of the molecule is CN(CCCBr)c1ccccc1C#N. The Morgan fingerprint density at radius 1 is 1.43 bits per heavy atom. The second kappa shape index (κ2) is 5.66. The minimum atomic E-state index is 0.740. The van der Waals surface area contributed by atoms with E-state index in [1.54, 1.807) is 0 Å². The smallest absolute Gasteiger partial charge is 0.101 e. The van der Waals surface area contributed by atoms with Crippen LogP contribution in [-0.2, 0) is 0 Å². The molecule has 0 aliphatic carbocycles. The summed E-state index contributed by atoms with van der Waals surface area (Å²) in [6.07, 6.45) is 1.08. The Labute approximate surface area is 93.3 Å². The van der Waals surface area contributed by atoms with Crippen molar-refractivity contribution in [2.75, 3.05) is 23.8 Å². The van der Waals surface area contributed by atoms with Crippen LogP contribution in [0, 0.1) is 11.3 Å². The summed E-state index contributed by atoms with van der Waals surface area (Å²) in [6, 6.07) is 9.87. The minimum Gasteiger partial charge on any atom is -0.374 e. The molecule has 0 spiro atoms. The zero-order chi connectivity index (χ0) is 10.4. The number of hydrogen-bond acceptors (Lipinski definition) is 2. The van der Waals surface area contributed by atoms with E-state index in [9.17, 15) is 0 Å². The van der Waals surface area contributed by atoms with E-state index in [0.717, 1.165) is 29.5 Å². The molecule has 74 valence electrons. The molecule has 0 amide bonds. The largest absolute Gasteiger partial charge is 0.374 e. The lowest BCUT2D eigenvalue weighted by atomic mass is 10.2. The van der Waals surface area contributed by atoms with E-state index in [1.807, 2.05) is 31.3 Å². The third-order valence-corrected chi connectivity index (χ3v) is 2.62. The van der Waals surface area contributed by atoms with Crippen molar-refractivity contribution in [3.8, 4) is 6.07 Å². The first-order valence-corrected chi connectivity index (χ1v) is 5.68. The van der Waals surface area contributed by atoms with Crippen LogP contribution in [0.25, 0.3) is 0 Å². The van der Waals surface area contributed by atoms with Gasteiger partial charge < -0.3 is 4.90 Å². The molecule has 0 aliphatic heterocycles. The highest BCUT2D eigenvalue weighted by atomic mass is 79.9. The van der Waals surface area contributed by atoms with Gasteiger partial charge in [-0.05, 0) is 18.6 Å². The average Bonchev–Trinajstić information content (AvgIpc) is 2.25. The molecule has 0 radical (unpaired) electrons. The van der Waals surface area contributed by atoms with Gasteiger partial charge in [-0.2, -0.15) is 5.26 Å². The standard InChI is InChI=1S/C11H13BrN2/c1-14(8-4-7-12)11-6-3-2-5-10(11)9-13/h2-3,5-6H,4,7-8H2,1H3. The number of anilines is 1. The van der Waals surface area contributed by atoms with Crippen LogP contribution in [0.5, 0.6) is 0 Å². The van der Waals surface area contributed by atoms with E-state index in [2.05, 4.69) is 26.9 Å². The highest BCUT2D eigenvalue weighted by molar-refractivity contribution is 9.09. The van der Waals surface area contributed by atoms with Crippen LogP contribution in [0.15, 0.2) is 24.3 Å². The quantitative estimate of drug-likeness (QED) is 0.771. The molecular formula is C11H13BrN2. The van der Waals surface area contributed by atoms with Gasteiger partial charge >= 0.3 is 0 Å². The van der Waals surface area contributed by atoms with Crippen molar-refractivity contribution < 1.29 is 0 Å². The maximum atomic E-state index is 8.91. The molecule has 2 nitrogen and oxygen atoms in total. The normalized spacial score (nSPS) is 9.50. The van der Waals surface area contributed by atoms with Gasteiger partial charge in [-0.25, -0.2) is 0 Å². The Hall–Kier alpha value is -1.01. The fraction of sp³-hybridized carbons (Fsp3) is 0.364. The van der Waals surface area contributed by atoms with Gasteiger partial charge in [-0.15, -0.1) is 0 Å². The van der Waals surface area contributed by atoms with E-state index in [4.69, 9.17) is 5.26 Å². The maximum absolute atomic E-state index is 8.91. The van der Waals surface area contributed by atoms with Gasteiger partial charge in [0.25, 0.3) is 0 Å². The molecule has 1 rings (SSSR count). The molecule has 14 heavy (non-hydrogen) atoms. The number of halogens is 1. The van der Waals surface area contributed by atoms with Crippen molar-refractivity contribution in [3.63, 3.8) is 0 Å². The lowest BCUT2D eigenvalue weighted by Crippen LogP contribution is -2.19. The van der Waals surface area contributed by atoms with E-state index >= 15 is 0 Å². The number of benzene rings is 1. The molecule has 0 aromatic heterocycles. The molecule has 1 aromatic carbocycles. The van der Waals surface area contributed by atoms with Crippen LogP contribution in [0.1, 0.15) is 12.0 Å². The summed E-state index contributed by atoms with van der Waals surface area (Å²) in [5.41, 5.74) is 1.75. The van der Waals surface area contributed by atoms with Gasteiger partial charge in [0, 0.05) is 18.9 Å². The van der Waals surface area contributed by atoms with E-state index in [1.165, 1.54) is 0 Å². The molecular weight excluding hydrogens is 240 g/mol. The fourth-order valence-electron chi connectivity index (χ4n) is 1.32. The van der Waals surface area contributed by atoms with Crippen LogP contribution in [0.3, 0.4) is 0 Å². The zero-order valence-corrected chi connectivity index (χ0v) is 9.79. The van der Waals surface area contributed by atoms with Gasteiger partial charge in [-0.3, -0.25) is 0 Å². The van der Waals surface area contributed by atoms with E-state index < -0.39 is 0 Å². The van der Waals surface area contributed by atoms with Gasteiger partial charge in [0.15, 0.2) is 0 Å². The van der Waals surface area contributed by atoms with Crippen molar-refractivity contribution in [3.05, 3.63) is 29.8 Å².